The van der Waals surface area contributed by atoms with Crippen molar-refractivity contribution in [1.29, 1.82) is 0 Å². The van der Waals surface area contributed by atoms with E-state index in [-0.39, 0.29) is 0 Å². The molecule has 1 aromatic carbocycles. The Kier molecular flexibility index (Phi) is 6.67. The molecular weight excluding hydrogens is 454 g/mol. The number of nitrogens with one attached hydrogen (secondary N) is 1. The number of fused-ring (bicyclic) bond motifs is 3. The van der Waals surface area contributed by atoms with Crippen LogP contribution in [-0.4, -0.2) is 97.4 Å². The summed E-state index contributed by atoms with van der Waals surface area (Å²) in [6, 6.07) is 10.5. The van der Waals surface area contributed by atoms with Crippen LogP contribution in [-0.2, 0) is 11.2 Å². The van der Waals surface area contributed by atoms with Crippen LogP contribution < -0.4 is 15.0 Å². The molecule has 2 aliphatic heterocycles. The van der Waals surface area contributed by atoms with E-state index in [2.05, 4.69) is 43.2 Å². The summed E-state index contributed by atoms with van der Waals surface area (Å²) in [6.07, 6.45) is 4.19. The molecule has 0 unspecified atom stereocenters. The molecule has 0 radical (unpaired) electrons. The number of pyridine rings is 1. The van der Waals surface area contributed by atoms with Gasteiger partial charge in [-0.05, 0) is 29.3 Å². The summed E-state index contributed by atoms with van der Waals surface area (Å²) in [5, 5.41) is 3.34. The Bertz CT molecular complexity index is 1190. The van der Waals surface area contributed by atoms with Gasteiger partial charge in [-0.1, -0.05) is 12.1 Å². The predicted molar refractivity (Wildman–Crippen MR) is 140 cm³/mol. The molecule has 1 aliphatic carbocycles. The first-order chi connectivity index (χ1) is 17.8. The molecule has 0 spiro atoms. The largest absolute Gasteiger partial charge is 0.423 e. The van der Waals surface area contributed by atoms with Gasteiger partial charge in [-0.3, -0.25) is 14.8 Å². The second-order valence-electron chi connectivity index (χ2n) is 9.48. The Hall–Kier alpha value is -3.27. The molecule has 0 amide bonds. The number of morpholine rings is 1. The average molecular weight is 488 g/mol. The van der Waals surface area contributed by atoms with Crippen molar-refractivity contribution in [2.24, 2.45) is 0 Å². The standard InChI is InChI=1S/C27H33N7O2/c1-28-23-6-2-5-21-22(23)18-24-25(21)26(31-27(30-24)36-20-4-3-7-29-19-20)34-12-10-32(11-13-34)8-9-33-14-16-35-17-15-33/h2-7,19,28H,8-18H2,1H3. The number of aromatic nitrogens is 3. The molecule has 3 aromatic rings. The summed E-state index contributed by atoms with van der Waals surface area (Å²) in [4.78, 5) is 21.5. The van der Waals surface area contributed by atoms with Gasteiger partial charge in [0.2, 0.25) is 0 Å². The van der Waals surface area contributed by atoms with Crippen molar-refractivity contribution in [2.45, 2.75) is 6.42 Å². The minimum Gasteiger partial charge on any atom is -0.423 e. The molecule has 1 N–H and O–H groups in total. The van der Waals surface area contributed by atoms with Gasteiger partial charge in [0.25, 0.3) is 0 Å². The highest BCUT2D eigenvalue weighted by Gasteiger charge is 2.31. The Balaban J connectivity index is 1.24. The van der Waals surface area contributed by atoms with Gasteiger partial charge in [-0.25, -0.2) is 0 Å². The molecule has 188 valence electrons. The zero-order chi connectivity index (χ0) is 24.3. The van der Waals surface area contributed by atoms with E-state index in [1.807, 2.05) is 19.2 Å². The Morgan fingerprint density at radius 1 is 0.944 bits per heavy atom. The van der Waals surface area contributed by atoms with Crippen LogP contribution in [0.25, 0.3) is 11.1 Å². The van der Waals surface area contributed by atoms with Gasteiger partial charge in [0, 0.05) is 83.3 Å². The average Bonchev–Trinajstić information content (AvgIpc) is 3.31. The fourth-order valence-electron chi connectivity index (χ4n) is 5.37. The molecule has 9 nitrogen and oxygen atoms in total. The van der Waals surface area contributed by atoms with E-state index in [1.165, 1.54) is 11.1 Å². The quantitative estimate of drug-likeness (QED) is 0.423. The molecule has 0 saturated carbocycles. The normalized spacial score (nSPS) is 18.1. The van der Waals surface area contributed by atoms with Crippen molar-refractivity contribution in [2.75, 3.05) is 82.8 Å². The number of benzene rings is 1. The Morgan fingerprint density at radius 2 is 1.75 bits per heavy atom. The number of nitrogens with zero attached hydrogens (tertiary/aromatic N) is 6. The summed E-state index contributed by atoms with van der Waals surface area (Å²) in [6.45, 7) is 9.90. The maximum Gasteiger partial charge on any atom is 0.324 e. The lowest BCUT2D eigenvalue weighted by molar-refractivity contribution is 0.0331. The molecule has 36 heavy (non-hydrogen) atoms. The first-order valence-electron chi connectivity index (χ1n) is 12.8. The molecular formula is C27H33N7O2. The summed E-state index contributed by atoms with van der Waals surface area (Å²) < 4.78 is 11.6. The third-order valence-electron chi connectivity index (χ3n) is 7.35. The fourth-order valence-corrected chi connectivity index (χ4v) is 5.37. The Morgan fingerprint density at radius 3 is 2.50 bits per heavy atom. The second kappa shape index (κ2) is 10.4. The van der Waals surface area contributed by atoms with Crippen molar-refractivity contribution < 1.29 is 9.47 Å². The molecule has 4 heterocycles. The molecule has 2 fully saturated rings. The monoisotopic (exact) mass is 487 g/mol. The summed E-state index contributed by atoms with van der Waals surface area (Å²) >= 11 is 0. The minimum atomic E-state index is 0.380. The van der Waals surface area contributed by atoms with Crippen LogP contribution in [0.15, 0.2) is 42.7 Å². The zero-order valence-corrected chi connectivity index (χ0v) is 20.8. The number of hydrogen-bond donors (Lipinski definition) is 1. The van der Waals surface area contributed by atoms with Crippen LogP contribution in [0.5, 0.6) is 11.8 Å². The molecule has 6 rings (SSSR count). The number of ether oxygens (including phenoxy) is 2. The van der Waals surface area contributed by atoms with Crippen molar-refractivity contribution in [3.05, 3.63) is 54.0 Å². The van der Waals surface area contributed by atoms with Crippen LogP contribution >= 0.6 is 0 Å². The molecule has 0 bridgehead atoms. The van der Waals surface area contributed by atoms with Gasteiger partial charge in [0.1, 0.15) is 11.6 Å². The highest BCUT2D eigenvalue weighted by Crippen LogP contribution is 2.45. The predicted octanol–water partition coefficient (Wildman–Crippen LogP) is 2.73. The molecule has 3 aliphatic rings. The molecule has 2 saturated heterocycles. The number of piperazine rings is 1. The minimum absolute atomic E-state index is 0.380. The van der Waals surface area contributed by atoms with Gasteiger partial charge >= 0.3 is 6.01 Å². The van der Waals surface area contributed by atoms with E-state index in [1.54, 1.807) is 12.4 Å². The highest BCUT2D eigenvalue weighted by molar-refractivity contribution is 5.88. The summed E-state index contributed by atoms with van der Waals surface area (Å²) in [5.74, 6) is 1.61. The maximum absolute atomic E-state index is 6.06. The first-order valence-corrected chi connectivity index (χ1v) is 12.8. The zero-order valence-electron chi connectivity index (χ0n) is 20.8. The van der Waals surface area contributed by atoms with E-state index < -0.39 is 0 Å². The lowest BCUT2D eigenvalue weighted by Gasteiger charge is -2.37. The SMILES string of the molecule is CNc1cccc2c1Cc1nc(Oc3cccnc3)nc(N3CCN(CCN4CCOCC4)CC3)c1-2. The van der Waals surface area contributed by atoms with Crippen molar-refractivity contribution in [3.63, 3.8) is 0 Å². The van der Waals surface area contributed by atoms with E-state index >= 15 is 0 Å². The lowest BCUT2D eigenvalue weighted by Crippen LogP contribution is -2.49. The molecule has 2 aromatic heterocycles. The third kappa shape index (κ3) is 4.74. The van der Waals surface area contributed by atoms with E-state index in [0.29, 0.717) is 11.8 Å². The highest BCUT2D eigenvalue weighted by atomic mass is 16.5. The fraction of sp³-hybridized carbons (Fsp3) is 0.444. The summed E-state index contributed by atoms with van der Waals surface area (Å²) in [5.41, 5.74) is 5.79. The lowest BCUT2D eigenvalue weighted by atomic mass is 10.0. The number of rotatable bonds is 7. The van der Waals surface area contributed by atoms with E-state index in [9.17, 15) is 0 Å². The van der Waals surface area contributed by atoms with Gasteiger partial charge in [-0.2, -0.15) is 9.97 Å². The van der Waals surface area contributed by atoms with Crippen LogP contribution in [0.4, 0.5) is 11.5 Å². The van der Waals surface area contributed by atoms with Gasteiger partial charge in [-0.15, -0.1) is 0 Å². The smallest absolute Gasteiger partial charge is 0.324 e. The van der Waals surface area contributed by atoms with Crippen LogP contribution in [0.3, 0.4) is 0 Å². The maximum atomic E-state index is 6.06. The van der Waals surface area contributed by atoms with Gasteiger partial charge in [0.15, 0.2) is 0 Å². The van der Waals surface area contributed by atoms with Crippen molar-refractivity contribution in [1.82, 2.24) is 24.8 Å². The first kappa shape index (κ1) is 23.1. The Labute approximate surface area is 212 Å². The summed E-state index contributed by atoms with van der Waals surface area (Å²) in [7, 11) is 1.97. The molecule has 9 heteroatoms. The topological polar surface area (TPSA) is 78.9 Å². The van der Waals surface area contributed by atoms with Crippen LogP contribution in [0.2, 0.25) is 0 Å². The van der Waals surface area contributed by atoms with E-state index in [0.717, 1.165) is 94.8 Å². The van der Waals surface area contributed by atoms with Crippen molar-refractivity contribution in [3.8, 4) is 22.9 Å². The number of anilines is 2. The van der Waals surface area contributed by atoms with Crippen LogP contribution in [0, 0.1) is 0 Å². The van der Waals surface area contributed by atoms with Gasteiger partial charge < -0.3 is 19.7 Å². The van der Waals surface area contributed by atoms with E-state index in [4.69, 9.17) is 19.4 Å². The third-order valence-corrected chi connectivity index (χ3v) is 7.35. The number of hydrogen-bond acceptors (Lipinski definition) is 9. The van der Waals surface area contributed by atoms with Crippen LogP contribution in [0.1, 0.15) is 11.3 Å². The molecule has 0 atom stereocenters. The van der Waals surface area contributed by atoms with Gasteiger partial charge in [0.05, 0.1) is 25.1 Å². The second-order valence-corrected chi connectivity index (χ2v) is 9.48. The van der Waals surface area contributed by atoms with Crippen molar-refractivity contribution >= 4 is 11.5 Å².